The Morgan fingerprint density at radius 2 is 1.85 bits per heavy atom. The van der Waals surface area contributed by atoms with Gasteiger partial charge in [-0.2, -0.15) is 0 Å². The summed E-state index contributed by atoms with van der Waals surface area (Å²) >= 11 is 0. The molecule has 0 bridgehead atoms. The van der Waals surface area contributed by atoms with Crippen LogP contribution in [-0.2, 0) is 9.05 Å². The summed E-state index contributed by atoms with van der Waals surface area (Å²) < 4.78 is 36.3. The van der Waals surface area contributed by atoms with Gasteiger partial charge in [0, 0.05) is 22.3 Å². The first kappa shape index (κ1) is 16.9. The van der Waals surface area contributed by atoms with Crippen molar-refractivity contribution in [3.8, 4) is 0 Å². The average Bonchev–Trinajstić information content (AvgIpc) is 2.30. The normalized spacial score (nSPS) is 13.3. The second-order valence-electron chi connectivity index (χ2n) is 5.05. The zero-order chi connectivity index (χ0) is 15.7. The summed E-state index contributed by atoms with van der Waals surface area (Å²) in [4.78, 5) is 11.4. The fourth-order valence-electron chi connectivity index (χ4n) is 1.50. The van der Waals surface area contributed by atoms with E-state index in [2.05, 4.69) is 5.32 Å². The number of benzene rings is 1. The van der Waals surface area contributed by atoms with Gasteiger partial charge in [0.2, 0.25) is 0 Å². The Morgan fingerprint density at radius 3 is 2.30 bits per heavy atom. The summed E-state index contributed by atoms with van der Waals surface area (Å²) in [5, 5.41) is 2.72. The van der Waals surface area contributed by atoms with Crippen molar-refractivity contribution in [1.82, 2.24) is 5.32 Å². The second kappa shape index (κ2) is 6.10. The Hall–Kier alpha value is -1.14. The number of carbonyl (C=O) groups excluding carboxylic acids is 1. The topological polar surface area (TPSA) is 63.2 Å². The zero-order valence-electron chi connectivity index (χ0n) is 11.7. The van der Waals surface area contributed by atoms with Crippen LogP contribution in [0.4, 0.5) is 4.39 Å². The predicted molar refractivity (Wildman–Crippen MR) is 75.9 cm³/mol. The molecule has 0 saturated heterocycles. The van der Waals surface area contributed by atoms with Gasteiger partial charge in [-0.3, -0.25) is 4.79 Å². The molecular formula is C13H17ClFNO3S. The van der Waals surface area contributed by atoms with Crippen molar-refractivity contribution in [1.29, 1.82) is 0 Å². The quantitative estimate of drug-likeness (QED) is 0.867. The third kappa shape index (κ3) is 3.93. The molecule has 112 valence electrons. The number of rotatable bonds is 4. The lowest BCUT2D eigenvalue weighted by atomic mass is 10.1. The van der Waals surface area contributed by atoms with Gasteiger partial charge >= 0.3 is 0 Å². The zero-order valence-corrected chi connectivity index (χ0v) is 13.3. The molecule has 0 aliphatic rings. The Morgan fingerprint density at radius 1 is 1.30 bits per heavy atom. The van der Waals surface area contributed by atoms with E-state index in [0.717, 1.165) is 6.07 Å². The van der Waals surface area contributed by atoms with Gasteiger partial charge in [0.15, 0.2) is 0 Å². The lowest BCUT2D eigenvalue weighted by Crippen LogP contribution is -2.36. The van der Waals surface area contributed by atoms with E-state index in [4.69, 9.17) is 10.7 Å². The standard InChI is InChI=1S/C13H17ClFNO3S/c1-7(2)9(4)16-13(17)10-5-8(3)12(15)11(6-10)20(14,18)19/h5-7,9H,1-4H3,(H,16,17). The fraction of sp³-hybridized carbons (Fsp3) is 0.462. The van der Waals surface area contributed by atoms with Gasteiger partial charge in [0.25, 0.3) is 15.0 Å². The van der Waals surface area contributed by atoms with E-state index in [1.165, 1.54) is 13.0 Å². The number of amides is 1. The maximum atomic E-state index is 13.7. The number of halogens is 2. The van der Waals surface area contributed by atoms with Gasteiger partial charge in [-0.1, -0.05) is 13.8 Å². The van der Waals surface area contributed by atoms with Crippen LogP contribution >= 0.6 is 10.7 Å². The van der Waals surface area contributed by atoms with Crippen LogP contribution in [0.3, 0.4) is 0 Å². The van der Waals surface area contributed by atoms with Gasteiger partial charge < -0.3 is 5.32 Å². The van der Waals surface area contributed by atoms with E-state index in [9.17, 15) is 17.6 Å². The van der Waals surface area contributed by atoms with Gasteiger partial charge in [0.05, 0.1) is 0 Å². The van der Waals surface area contributed by atoms with E-state index < -0.39 is 25.7 Å². The van der Waals surface area contributed by atoms with Crippen LogP contribution in [0.1, 0.15) is 36.7 Å². The van der Waals surface area contributed by atoms with Gasteiger partial charge in [-0.25, -0.2) is 12.8 Å². The summed E-state index contributed by atoms with van der Waals surface area (Å²) in [7, 11) is 0.930. The van der Waals surface area contributed by atoms with Gasteiger partial charge in [0.1, 0.15) is 10.7 Å². The molecule has 4 nitrogen and oxygen atoms in total. The van der Waals surface area contributed by atoms with Crippen LogP contribution in [0.2, 0.25) is 0 Å². The Kier molecular flexibility index (Phi) is 5.15. The average molecular weight is 322 g/mol. The monoisotopic (exact) mass is 321 g/mol. The van der Waals surface area contributed by atoms with E-state index in [-0.39, 0.29) is 23.1 Å². The van der Waals surface area contributed by atoms with Crippen molar-refractivity contribution in [2.75, 3.05) is 0 Å². The number of hydrogen-bond donors (Lipinski definition) is 1. The molecule has 0 fully saturated rings. The van der Waals surface area contributed by atoms with Crippen molar-refractivity contribution >= 4 is 25.6 Å². The van der Waals surface area contributed by atoms with Crippen LogP contribution in [0.15, 0.2) is 17.0 Å². The number of hydrogen-bond acceptors (Lipinski definition) is 3. The molecule has 7 heteroatoms. The molecule has 0 radical (unpaired) electrons. The molecule has 1 atom stereocenters. The Bertz CT molecular complexity index is 629. The van der Waals surface area contributed by atoms with Crippen LogP contribution in [0.25, 0.3) is 0 Å². The van der Waals surface area contributed by atoms with Crippen molar-refractivity contribution in [3.05, 3.63) is 29.1 Å². The minimum absolute atomic E-state index is 0.0501. The molecule has 1 aromatic carbocycles. The highest BCUT2D eigenvalue weighted by Crippen LogP contribution is 2.23. The molecule has 1 amide bonds. The molecule has 0 aromatic heterocycles. The van der Waals surface area contributed by atoms with E-state index in [1.807, 2.05) is 20.8 Å². The summed E-state index contributed by atoms with van der Waals surface area (Å²) in [5.74, 6) is -1.18. The molecule has 1 unspecified atom stereocenters. The maximum absolute atomic E-state index is 13.7. The van der Waals surface area contributed by atoms with E-state index >= 15 is 0 Å². The van der Waals surface area contributed by atoms with Gasteiger partial charge in [-0.05, 0) is 37.5 Å². The molecule has 0 saturated carbocycles. The minimum atomic E-state index is -4.24. The van der Waals surface area contributed by atoms with E-state index in [0.29, 0.717) is 0 Å². The molecule has 0 aliphatic carbocycles. The minimum Gasteiger partial charge on any atom is -0.349 e. The highest BCUT2D eigenvalue weighted by molar-refractivity contribution is 8.13. The summed E-state index contributed by atoms with van der Waals surface area (Å²) in [6, 6.07) is 2.15. The fourth-order valence-corrected chi connectivity index (χ4v) is 2.48. The largest absolute Gasteiger partial charge is 0.349 e. The highest BCUT2D eigenvalue weighted by Gasteiger charge is 2.22. The first-order valence-electron chi connectivity index (χ1n) is 6.09. The number of carbonyl (C=O) groups is 1. The second-order valence-corrected chi connectivity index (χ2v) is 7.58. The maximum Gasteiger partial charge on any atom is 0.264 e. The lowest BCUT2D eigenvalue weighted by Gasteiger charge is -2.18. The number of aryl methyl sites for hydroxylation is 1. The highest BCUT2D eigenvalue weighted by atomic mass is 35.7. The molecule has 0 heterocycles. The smallest absolute Gasteiger partial charge is 0.264 e. The predicted octanol–water partition coefficient (Wildman–Crippen LogP) is 2.84. The molecule has 1 N–H and O–H groups in total. The molecule has 0 aliphatic heterocycles. The van der Waals surface area contributed by atoms with Crippen LogP contribution < -0.4 is 5.32 Å². The summed E-state index contributed by atoms with van der Waals surface area (Å²) in [6.45, 7) is 7.09. The van der Waals surface area contributed by atoms with Crippen LogP contribution in [0.5, 0.6) is 0 Å². The van der Waals surface area contributed by atoms with E-state index in [1.54, 1.807) is 0 Å². The van der Waals surface area contributed by atoms with Crippen LogP contribution in [0, 0.1) is 18.7 Å². The molecule has 1 aromatic rings. The molecule has 0 spiro atoms. The third-order valence-electron chi connectivity index (χ3n) is 3.10. The van der Waals surface area contributed by atoms with Gasteiger partial charge in [-0.15, -0.1) is 0 Å². The lowest BCUT2D eigenvalue weighted by molar-refractivity contribution is 0.0930. The van der Waals surface area contributed by atoms with Crippen molar-refractivity contribution in [2.24, 2.45) is 5.92 Å². The molecular weight excluding hydrogens is 305 g/mol. The summed E-state index contributed by atoms with van der Waals surface area (Å²) in [6.07, 6.45) is 0. The molecule has 1 rings (SSSR count). The van der Waals surface area contributed by atoms with Crippen molar-refractivity contribution < 1.29 is 17.6 Å². The number of nitrogens with one attached hydrogen (secondary N) is 1. The SMILES string of the molecule is Cc1cc(C(=O)NC(C)C(C)C)cc(S(=O)(=O)Cl)c1F. The third-order valence-corrected chi connectivity index (χ3v) is 4.43. The van der Waals surface area contributed by atoms with Crippen molar-refractivity contribution in [3.63, 3.8) is 0 Å². The first-order valence-corrected chi connectivity index (χ1v) is 8.40. The summed E-state index contributed by atoms with van der Waals surface area (Å²) in [5.41, 5.74) is 0.115. The Balaban J connectivity index is 3.21. The Labute approximate surface area is 122 Å². The first-order chi connectivity index (χ1) is 9.04. The molecule has 20 heavy (non-hydrogen) atoms. The van der Waals surface area contributed by atoms with Crippen molar-refractivity contribution in [2.45, 2.75) is 38.6 Å². The van der Waals surface area contributed by atoms with Crippen LogP contribution in [-0.4, -0.2) is 20.4 Å².